The van der Waals surface area contributed by atoms with Gasteiger partial charge in [0.15, 0.2) is 0 Å². The Labute approximate surface area is 134 Å². The lowest BCUT2D eigenvalue weighted by Crippen LogP contribution is -2.30. The average molecular weight is 316 g/mol. The second-order valence-electron chi connectivity index (χ2n) is 4.93. The fourth-order valence-corrected chi connectivity index (χ4v) is 2.06. The van der Waals surface area contributed by atoms with Crippen LogP contribution in [-0.4, -0.2) is 25.0 Å². The summed E-state index contributed by atoms with van der Waals surface area (Å²) in [7, 11) is 0. The van der Waals surface area contributed by atoms with Gasteiger partial charge in [0.1, 0.15) is 5.76 Å². The number of benzene rings is 1. The van der Waals surface area contributed by atoms with Crippen LogP contribution in [0, 0.1) is 0 Å². The van der Waals surface area contributed by atoms with Crippen LogP contribution < -0.4 is 10.6 Å². The minimum Gasteiger partial charge on any atom is -0.468 e. The highest BCUT2D eigenvalue weighted by molar-refractivity contribution is 6.01. The van der Waals surface area contributed by atoms with Gasteiger partial charge in [0.25, 0.3) is 0 Å². The van der Waals surface area contributed by atoms with Crippen molar-refractivity contribution in [3.8, 4) is 0 Å². The molecule has 2 rings (SSSR count). The van der Waals surface area contributed by atoms with Gasteiger partial charge in [0, 0.05) is 0 Å². The molecule has 0 saturated carbocycles. The number of esters is 1. The van der Waals surface area contributed by atoms with Gasteiger partial charge in [-0.05, 0) is 38.1 Å². The molecule has 1 amide bonds. The van der Waals surface area contributed by atoms with Crippen molar-refractivity contribution in [1.82, 2.24) is 5.32 Å². The molecule has 0 fully saturated rings. The highest BCUT2D eigenvalue weighted by atomic mass is 16.5. The summed E-state index contributed by atoms with van der Waals surface area (Å²) in [5.41, 5.74) is 0.769. The van der Waals surface area contributed by atoms with E-state index in [9.17, 15) is 9.59 Å². The van der Waals surface area contributed by atoms with E-state index in [1.54, 1.807) is 43.5 Å². The van der Waals surface area contributed by atoms with Crippen LogP contribution in [0.5, 0.6) is 0 Å². The van der Waals surface area contributed by atoms with Gasteiger partial charge in [-0.3, -0.25) is 10.1 Å². The first-order valence-corrected chi connectivity index (χ1v) is 7.44. The molecule has 0 aliphatic carbocycles. The van der Waals surface area contributed by atoms with Gasteiger partial charge >= 0.3 is 5.97 Å². The number of hydrogen-bond donors (Lipinski definition) is 2. The van der Waals surface area contributed by atoms with Gasteiger partial charge in [-0.15, -0.1) is 0 Å². The third kappa shape index (κ3) is 4.69. The Morgan fingerprint density at radius 2 is 2.00 bits per heavy atom. The lowest BCUT2D eigenvalue weighted by molar-refractivity contribution is -0.115. The van der Waals surface area contributed by atoms with Crippen LogP contribution in [0.25, 0.3) is 0 Å². The van der Waals surface area contributed by atoms with Crippen molar-refractivity contribution in [2.75, 3.05) is 18.5 Å². The van der Waals surface area contributed by atoms with E-state index in [2.05, 4.69) is 10.6 Å². The van der Waals surface area contributed by atoms with Gasteiger partial charge in [-0.25, -0.2) is 4.79 Å². The number of rotatable bonds is 7. The largest absolute Gasteiger partial charge is 0.468 e. The highest BCUT2D eigenvalue weighted by Crippen LogP contribution is 2.16. The van der Waals surface area contributed by atoms with Crippen molar-refractivity contribution < 1.29 is 18.7 Å². The Bertz CT molecular complexity index is 652. The molecule has 0 radical (unpaired) electrons. The molecule has 122 valence electrons. The molecule has 0 aliphatic rings. The van der Waals surface area contributed by atoms with E-state index in [1.807, 2.05) is 13.0 Å². The van der Waals surface area contributed by atoms with Crippen molar-refractivity contribution in [2.24, 2.45) is 0 Å². The number of furan rings is 1. The maximum atomic E-state index is 12.1. The quantitative estimate of drug-likeness (QED) is 0.768. The van der Waals surface area contributed by atoms with Crippen LogP contribution in [-0.2, 0) is 9.53 Å². The first-order chi connectivity index (χ1) is 11.1. The number of carbonyl (C=O) groups is 2. The third-order valence-electron chi connectivity index (χ3n) is 3.24. The first kappa shape index (κ1) is 16.8. The lowest BCUT2D eigenvalue weighted by Gasteiger charge is -2.13. The smallest absolute Gasteiger partial charge is 0.340 e. The standard InChI is InChI=1S/C17H20N2O4/c1-3-22-17(21)13-7-4-5-8-14(13)19-16(20)11-18-12(2)15-9-6-10-23-15/h4-10,12,18H,3,11H2,1-2H3,(H,19,20)/t12-/m1/s1. The van der Waals surface area contributed by atoms with E-state index in [4.69, 9.17) is 9.15 Å². The van der Waals surface area contributed by atoms with Gasteiger partial charge in [-0.1, -0.05) is 12.1 Å². The van der Waals surface area contributed by atoms with E-state index in [0.717, 1.165) is 5.76 Å². The Hall–Kier alpha value is -2.60. The van der Waals surface area contributed by atoms with Crippen LogP contribution in [0.3, 0.4) is 0 Å². The summed E-state index contributed by atoms with van der Waals surface area (Å²) in [6.07, 6.45) is 1.59. The molecule has 2 aromatic rings. The molecule has 23 heavy (non-hydrogen) atoms. The van der Waals surface area contributed by atoms with Gasteiger partial charge < -0.3 is 14.5 Å². The van der Waals surface area contributed by atoms with Gasteiger partial charge in [0.05, 0.1) is 36.7 Å². The van der Waals surface area contributed by atoms with Crippen LogP contribution in [0.4, 0.5) is 5.69 Å². The van der Waals surface area contributed by atoms with Crippen molar-refractivity contribution >= 4 is 17.6 Å². The van der Waals surface area contributed by atoms with E-state index in [0.29, 0.717) is 11.3 Å². The minimum absolute atomic E-state index is 0.0870. The van der Waals surface area contributed by atoms with Gasteiger partial charge in [-0.2, -0.15) is 0 Å². The van der Waals surface area contributed by atoms with Crippen molar-refractivity contribution in [3.05, 3.63) is 54.0 Å². The number of nitrogens with one attached hydrogen (secondary N) is 2. The number of amides is 1. The van der Waals surface area contributed by atoms with Crippen LogP contribution in [0.1, 0.15) is 36.0 Å². The van der Waals surface area contributed by atoms with E-state index < -0.39 is 5.97 Å². The van der Waals surface area contributed by atoms with Crippen molar-refractivity contribution in [3.63, 3.8) is 0 Å². The normalized spacial score (nSPS) is 11.7. The predicted molar refractivity (Wildman–Crippen MR) is 86.2 cm³/mol. The summed E-state index contributed by atoms with van der Waals surface area (Å²) in [4.78, 5) is 23.9. The molecule has 0 bridgehead atoms. The van der Waals surface area contributed by atoms with Crippen LogP contribution in [0.2, 0.25) is 0 Å². The molecule has 6 nitrogen and oxygen atoms in total. The summed E-state index contributed by atoms with van der Waals surface area (Å²) in [5.74, 6) is 0.0465. The second-order valence-corrected chi connectivity index (χ2v) is 4.93. The summed E-state index contributed by atoms with van der Waals surface area (Å²) in [6, 6.07) is 10.3. The minimum atomic E-state index is -0.458. The number of hydrogen-bond acceptors (Lipinski definition) is 5. The summed E-state index contributed by atoms with van der Waals surface area (Å²) in [5, 5.41) is 5.77. The average Bonchev–Trinajstić information content (AvgIpc) is 3.08. The Balaban J connectivity index is 1.94. The Kier molecular flexibility index (Phi) is 5.94. The number of anilines is 1. The van der Waals surface area contributed by atoms with E-state index in [1.165, 1.54) is 0 Å². The summed E-state index contributed by atoms with van der Waals surface area (Å²) >= 11 is 0. The number of ether oxygens (including phenoxy) is 1. The van der Waals surface area contributed by atoms with Crippen molar-refractivity contribution in [1.29, 1.82) is 0 Å². The zero-order valence-electron chi connectivity index (χ0n) is 13.2. The predicted octanol–water partition coefficient (Wildman–Crippen LogP) is 2.75. The van der Waals surface area contributed by atoms with E-state index >= 15 is 0 Å². The first-order valence-electron chi connectivity index (χ1n) is 7.44. The molecule has 1 aromatic heterocycles. The Morgan fingerprint density at radius 1 is 1.22 bits per heavy atom. The molecule has 2 N–H and O–H groups in total. The molecule has 6 heteroatoms. The third-order valence-corrected chi connectivity index (χ3v) is 3.24. The SMILES string of the molecule is CCOC(=O)c1ccccc1NC(=O)CN[C@H](C)c1ccco1. The van der Waals surface area contributed by atoms with E-state index in [-0.39, 0.29) is 25.1 Å². The lowest BCUT2D eigenvalue weighted by atomic mass is 10.2. The molecule has 0 unspecified atom stereocenters. The molecule has 1 heterocycles. The Morgan fingerprint density at radius 3 is 2.70 bits per heavy atom. The molecule has 0 spiro atoms. The molecule has 1 atom stereocenters. The number of para-hydroxylation sites is 1. The zero-order chi connectivity index (χ0) is 16.7. The maximum Gasteiger partial charge on any atom is 0.340 e. The molecular formula is C17H20N2O4. The summed E-state index contributed by atoms with van der Waals surface area (Å²) in [6.45, 7) is 4.01. The van der Waals surface area contributed by atoms with Crippen molar-refractivity contribution in [2.45, 2.75) is 19.9 Å². The zero-order valence-corrected chi connectivity index (χ0v) is 13.2. The second kappa shape index (κ2) is 8.14. The molecular weight excluding hydrogens is 296 g/mol. The summed E-state index contributed by atoms with van der Waals surface area (Å²) < 4.78 is 10.2. The maximum absolute atomic E-state index is 12.1. The molecule has 0 aliphatic heterocycles. The molecule has 1 aromatic carbocycles. The fraction of sp³-hybridized carbons (Fsp3) is 0.294. The number of carbonyl (C=O) groups excluding carboxylic acids is 2. The molecule has 0 saturated heterocycles. The monoisotopic (exact) mass is 316 g/mol. The van der Waals surface area contributed by atoms with Crippen LogP contribution >= 0.6 is 0 Å². The topological polar surface area (TPSA) is 80.6 Å². The highest BCUT2D eigenvalue weighted by Gasteiger charge is 2.15. The fourth-order valence-electron chi connectivity index (χ4n) is 2.06. The van der Waals surface area contributed by atoms with Crippen LogP contribution in [0.15, 0.2) is 47.1 Å². The van der Waals surface area contributed by atoms with Gasteiger partial charge in [0.2, 0.25) is 5.91 Å².